The number of carbonyl (C=O) groups is 1. The first kappa shape index (κ1) is 11.2. The summed E-state index contributed by atoms with van der Waals surface area (Å²) in [5.41, 5.74) is 5.61. The lowest BCUT2D eigenvalue weighted by Gasteiger charge is -2.51. The summed E-state index contributed by atoms with van der Waals surface area (Å²) < 4.78 is 0. The van der Waals surface area contributed by atoms with Crippen LogP contribution in [0.15, 0.2) is 17.6 Å². The van der Waals surface area contributed by atoms with Gasteiger partial charge in [-0.25, -0.2) is 4.79 Å². The van der Waals surface area contributed by atoms with Crippen LogP contribution in [0, 0.1) is 11.8 Å². The Morgan fingerprint density at radius 3 is 2.81 bits per heavy atom. The van der Waals surface area contributed by atoms with Gasteiger partial charge in [-0.05, 0) is 24.7 Å². The van der Waals surface area contributed by atoms with Gasteiger partial charge in [-0.3, -0.25) is 0 Å². The molecule has 0 aromatic heterocycles. The molecule has 2 aliphatic rings. The Bertz CT molecular complexity index is 353. The van der Waals surface area contributed by atoms with Crippen LogP contribution < -0.4 is 5.73 Å². The number of urea groups is 1. The van der Waals surface area contributed by atoms with Gasteiger partial charge >= 0.3 is 6.03 Å². The smallest absolute Gasteiger partial charge is 0.346 e. The Hall–Kier alpha value is -1.32. The van der Waals surface area contributed by atoms with Crippen LogP contribution in [0.5, 0.6) is 0 Å². The molecule has 0 unspecified atom stereocenters. The van der Waals surface area contributed by atoms with Gasteiger partial charge in [0.1, 0.15) is 11.4 Å². The SMILES string of the molecule is C=CCN1C(=O)N=C(N)C12CC(C(C)C)C2. The standard InChI is InChI=1S/C12H19N3O/c1-4-5-15-11(16)14-10(13)12(15)6-9(7-12)8(2)3/h4,8-9H,1,5-7H2,2-3H3,(H2,13,14,16). The van der Waals surface area contributed by atoms with Crippen molar-refractivity contribution in [2.45, 2.75) is 32.2 Å². The maximum atomic E-state index is 11.7. The van der Waals surface area contributed by atoms with E-state index in [0.717, 1.165) is 12.8 Å². The third-order valence-corrected chi connectivity index (χ3v) is 3.89. The van der Waals surface area contributed by atoms with Crippen LogP contribution >= 0.6 is 0 Å². The summed E-state index contributed by atoms with van der Waals surface area (Å²) in [5, 5.41) is 0. The highest BCUT2D eigenvalue weighted by Gasteiger charge is 2.56. The second kappa shape index (κ2) is 3.61. The molecule has 2 amide bonds. The van der Waals surface area contributed by atoms with E-state index in [2.05, 4.69) is 25.4 Å². The first-order valence-electron chi connectivity index (χ1n) is 5.78. The second-order valence-corrected chi connectivity index (χ2v) is 5.12. The Labute approximate surface area is 96.2 Å². The maximum Gasteiger partial charge on any atom is 0.346 e. The normalized spacial score (nSPS) is 33.2. The number of hydrogen-bond acceptors (Lipinski definition) is 2. The third kappa shape index (κ3) is 1.36. The molecular formula is C12H19N3O. The van der Waals surface area contributed by atoms with Gasteiger partial charge in [0.25, 0.3) is 0 Å². The molecule has 1 aliphatic heterocycles. The van der Waals surface area contributed by atoms with Crippen LogP contribution in [0.2, 0.25) is 0 Å². The van der Waals surface area contributed by atoms with Gasteiger partial charge in [-0.1, -0.05) is 19.9 Å². The molecule has 2 rings (SSSR count). The number of rotatable bonds is 3. The van der Waals surface area contributed by atoms with Crippen LogP contribution in [0.3, 0.4) is 0 Å². The molecule has 1 fully saturated rings. The molecule has 0 atom stereocenters. The van der Waals surface area contributed by atoms with Crippen molar-refractivity contribution in [2.24, 2.45) is 22.6 Å². The number of amides is 2. The number of hydrogen-bond donors (Lipinski definition) is 1. The van der Waals surface area contributed by atoms with Crippen LogP contribution in [-0.2, 0) is 0 Å². The topological polar surface area (TPSA) is 58.7 Å². The number of amidine groups is 1. The molecule has 1 aliphatic carbocycles. The van der Waals surface area contributed by atoms with Crippen molar-refractivity contribution in [3.8, 4) is 0 Å². The second-order valence-electron chi connectivity index (χ2n) is 5.12. The molecule has 0 bridgehead atoms. The zero-order chi connectivity index (χ0) is 11.9. The molecule has 0 radical (unpaired) electrons. The molecule has 4 nitrogen and oxygen atoms in total. The molecule has 0 aromatic carbocycles. The molecule has 2 N–H and O–H groups in total. The van der Waals surface area contributed by atoms with Crippen molar-refractivity contribution in [3.63, 3.8) is 0 Å². The van der Waals surface area contributed by atoms with E-state index in [0.29, 0.717) is 24.2 Å². The fraction of sp³-hybridized carbons (Fsp3) is 0.667. The third-order valence-electron chi connectivity index (χ3n) is 3.89. The average Bonchev–Trinajstić information content (AvgIpc) is 2.36. The highest BCUT2D eigenvalue weighted by molar-refractivity contribution is 6.06. The average molecular weight is 221 g/mol. The summed E-state index contributed by atoms with van der Waals surface area (Å²) >= 11 is 0. The predicted octanol–water partition coefficient (Wildman–Crippen LogP) is 1.77. The zero-order valence-corrected chi connectivity index (χ0v) is 9.94. The van der Waals surface area contributed by atoms with Crippen LogP contribution in [0.1, 0.15) is 26.7 Å². The lowest BCUT2D eigenvalue weighted by atomic mass is 9.63. The van der Waals surface area contributed by atoms with E-state index in [9.17, 15) is 4.79 Å². The van der Waals surface area contributed by atoms with Crippen molar-refractivity contribution in [1.29, 1.82) is 0 Å². The van der Waals surface area contributed by atoms with Gasteiger partial charge < -0.3 is 10.6 Å². The van der Waals surface area contributed by atoms with E-state index in [4.69, 9.17) is 5.73 Å². The van der Waals surface area contributed by atoms with Crippen molar-refractivity contribution in [1.82, 2.24) is 4.90 Å². The number of carbonyl (C=O) groups excluding carboxylic acids is 1. The van der Waals surface area contributed by atoms with Gasteiger partial charge in [0.05, 0.1) is 0 Å². The number of nitrogens with zero attached hydrogens (tertiary/aromatic N) is 2. The summed E-state index contributed by atoms with van der Waals surface area (Å²) in [5.74, 6) is 1.78. The van der Waals surface area contributed by atoms with Crippen LogP contribution in [0.25, 0.3) is 0 Å². The minimum absolute atomic E-state index is 0.209. The molecular weight excluding hydrogens is 202 g/mol. The van der Waals surface area contributed by atoms with Crippen molar-refractivity contribution < 1.29 is 4.79 Å². The van der Waals surface area contributed by atoms with Gasteiger partial charge in [-0.2, -0.15) is 4.99 Å². The van der Waals surface area contributed by atoms with E-state index in [1.807, 2.05) is 0 Å². The van der Waals surface area contributed by atoms with E-state index < -0.39 is 0 Å². The summed E-state index contributed by atoms with van der Waals surface area (Å²) in [4.78, 5) is 17.3. The van der Waals surface area contributed by atoms with Crippen LogP contribution in [-0.4, -0.2) is 28.9 Å². The van der Waals surface area contributed by atoms with Crippen molar-refractivity contribution >= 4 is 11.9 Å². The van der Waals surface area contributed by atoms with Crippen molar-refractivity contribution in [2.75, 3.05) is 6.54 Å². The quantitative estimate of drug-likeness (QED) is 0.738. The number of aliphatic imine (C=N–C) groups is 1. The maximum absolute atomic E-state index is 11.7. The largest absolute Gasteiger partial charge is 0.385 e. The molecule has 1 spiro atoms. The molecule has 4 heteroatoms. The Morgan fingerprint density at radius 2 is 2.31 bits per heavy atom. The van der Waals surface area contributed by atoms with E-state index in [1.54, 1.807) is 11.0 Å². The first-order chi connectivity index (χ1) is 7.51. The molecule has 0 saturated heterocycles. The molecule has 0 aromatic rings. The fourth-order valence-electron chi connectivity index (χ4n) is 2.68. The van der Waals surface area contributed by atoms with Gasteiger partial charge in [0.15, 0.2) is 0 Å². The summed E-state index contributed by atoms with van der Waals surface area (Å²) in [6.45, 7) is 8.63. The highest BCUT2D eigenvalue weighted by atomic mass is 16.2. The predicted molar refractivity (Wildman–Crippen MR) is 64.2 cm³/mol. The van der Waals surface area contributed by atoms with Gasteiger partial charge in [-0.15, -0.1) is 6.58 Å². The lowest BCUT2D eigenvalue weighted by Crippen LogP contribution is -2.62. The van der Waals surface area contributed by atoms with E-state index >= 15 is 0 Å². The van der Waals surface area contributed by atoms with Crippen LogP contribution in [0.4, 0.5) is 4.79 Å². The Kier molecular flexibility index (Phi) is 2.52. The molecule has 88 valence electrons. The first-order valence-corrected chi connectivity index (χ1v) is 5.78. The van der Waals surface area contributed by atoms with E-state index in [1.165, 1.54) is 0 Å². The summed E-state index contributed by atoms with van der Waals surface area (Å²) in [6, 6.07) is -0.209. The summed E-state index contributed by atoms with van der Waals surface area (Å²) in [6.07, 6.45) is 3.62. The van der Waals surface area contributed by atoms with Gasteiger partial charge in [0, 0.05) is 6.54 Å². The van der Waals surface area contributed by atoms with Gasteiger partial charge in [0.2, 0.25) is 0 Å². The lowest BCUT2D eigenvalue weighted by molar-refractivity contribution is 0.0517. The number of nitrogens with two attached hydrogens (primary N) is 1. The van der Waals surface area contributed by atoms with Crippen molar-refractivity contribution in [3.05, 3.63) is 12.7 Å². The molecule has 16 heavy (non-hydrogen) atoms. The minimum atomic E-state index is -0.291. The monoisotopic (exact) mass is 221 g/mol. The summed E-state index contributed by atoms with van der Waals surface area (Å²) in [7, 11) is 0. The highest BCUT2D eigenvalue weighted by Crippen LogP contribution is 2.48. The fourth-order valence-corrected chi connectivity index (χ4v) is 2.68. The minimum Gasteiger partial charge on any atom is -0.385 e. The Balaban J connectivity index is 2.17. The Morgan fingerprint density at radius 1 is 1.69 bits per heavy atom. The van der Waals surface area contributed by atoms with E-state index in [-0.39, 0.29) is 11.6 Å². The zero-order valence-electron chi connectivity index (χ0n) is 9.94. The molecule has 1 heterocycles. The molecule has 1 saturated carbocycles.